The van der Waals surface area contributed by atoms with Gasteiger partial charge in [0.25, 0.3) is 5.91 Å². The number of methoxy groups -OCH3 is 6. The molecule has 2 aliphatic heterocycles. The van der Waals surface area contributed by atoms with Gasteiger partial charge in [-0.25, -0.2) is 0 Å². The molecule has 0 saturated carbocycles. The Morgan fingerprint density at radius 1 is 0.714 bits per heavy atom. The first kappa shape index (κ1) is 33.3. The molecule has 1 saturated heterocycles. The predicted molar refractivity (Wildman–Crippen MR) is 181 cm³/mol. The Balaban J connectivity index is 1.13. The second-order valence-electron chi connectivity index (χ2n) is 11.3. The zero-order valence-corrected chi connectivity index (χ0v) is 28.4. The van der Waals surface area contributed by atoms with Gasteiger partial charge in [0, 0.05) is 42.4 Å². The zero-order chi connectivity index (χ0) is 34.5. The van der Waals surface area contributed by atoms with Crippen molar-refractivity contribution in [2.24, 2.45) is 4.99 Å². The summed E-state index contributed by atoms with van der Waals surface area (Å²) in [6.45, 7) is 1.36. The summed E-state index contributed by atoms with van der Waals surface area (Å²) in [6, 6.07) is 12.5. The molecule has 0 unspecified atom stereocenters. The molecule has 3 heterocycles. The molecule has 1 amide bonds. The molecule has 49 heavy (non-hydrogen) atoms. The molecule has 6 rings (SSSR count). The van der Waals surface area contributed by atoms with Crippen LogP contribution in [0.25, 0.3) is 22.6 Å². The third kappa shape index (κ3) is 6.60. The van der Waals surface area contributed by atoms with E-state index < -0.39 is 0 Å². The van der Waals surface area contributed by atoms with E-state index in [0.29, 0.717) is 99.5 Å². The minimum atomic E-state index is -0.0373. The standard InChI is InChI=1S/C36H39N3O10/c1-41-28-17-24-26(37-20-23-9-7-10-39(23)36(24)40)19-29(28)47-11-8-12-48-35-32(44-4)13-21(14-33(35)45-5)25-18-27(49-38-25)22-15-30(42-2)34(46-6)31(16-22)43-3/h13-20,23H,7-12H2,1-6H3/t23-/m0/s1. The van der Waals surface area contributed by atoms with Crippen LogP contribution in [0.2, 0.25) is 0 Å². The first-order chi connectivity index (χ1) is 23.9. The van der Waals surface area contributed by atoms with Gasteiger partial charge in [-0.2, -0.15) is 0 Å². The number of hydrogen-bond donors (Lipinski definition) is 0. The smallest absolute Gasteiger partial charge is 0.256 e. The van der Waals surface area contributed by atoms with E-state index in [4.69, 9.17) is 42.4 Å². The maximum Gasteiger partial charge on any atom is 0.256 e. The molecule has 0 N–H and O–H groups in total. The SMILES string of the molecule is COc1cc2c(cc1OCCCOc1c(OC)cc(-c3cc(-c4cc(OC)c(OC)c(OC)c4)on3)cc1OC)N=C[C@@H]1CCCN1C2=O. The van der Waals surface area contributed by atoms with Gasteiger partial charge in [0.15, 0.2) is 40.3 Å². The highest BCUT2D eigenvalue weighted by Gasteiger charge is 2.32. The Kier molecular flexibility index (Phi) is 9.97. The molecule has 0 bridgehead atoms. The molecule has 13 heteroatoms. The number of aromatic nitrogens is 1. The van der Waals surface area contributed by atoms with Crippen molar-refractivity contribution in [2.45, 2.75) is 25.3 Å². The minimum Gasteiger partial charge on any atom is -0.493 e. The fourth-order valence-electron chi connectivity index (χ4n) is 5.98. The van der Waals surface area contributed by atoms with Crippen LogP contribution in [0.3, 0.4) is 0 Å². The van der Waals surface area contributed by atoms with E-state index in [1.54, 1.807) is 85.1 Å². The number of hydrogen-bond acceptors (Lipinski definition) is 12. The van der Waals surface area contributed by atoms with E-state index in [-0.39, 0.29) is 11.9 Å². The average Bonchev–Trinajstić information content (AvgIpc) is 3.81. The number of amides is 1. The number of nitrogens with zero attached hydrogens (tertiary/aromatic N) is 3. The minimum absolute atomic E-state index is 0.0254. The van der Waals surface area contributed by atoms with E-state index in [2.05, 4.69) is 10.1 Å². The summed E-state index contributed by atoms with van der Waals surface area (Å²) in [5.74, 6) is 4.27. The lowest BCUT2D eigenvalue weighted by Gasteiger charge is -2.20. The number of ether oxygens (including phenoxy) is 8. The molecule has 0 radical (unpaired) electrons. The number of carbonyl (C=O) groups is 1. The third-order valence-corrected chi connectivity index (χ3v) is 8.47. The second-order valence-corrected chi connectivity index (χ2v) is 11.3. The van der Waals surface area contributed by atoms with Crippen LogP contribution in [0.15, 0.2) is 52.0 Å². The Bertz CT molecular complexity index is 1800. The summed E-state index contributed by atoms with van der Waals surface area (Å²) in [4.78, 5) is 19.6. The average molecular weight is 674 g/mol. The van der Waals surface area contributed by atoms with Crippen molar-refractivity contribution in [3.63, 3.8) is 0 Å². The Morgan fingerprint density at radius 2 is 1.35 bits per heavy atom. The van der Waals surface area contributed by atoms with Gasteiger partial charge >= 0.3 is 0 Å². The van der Waals surface area contributed by atoms with E-state index >= 15 is 0 Å². The van der Waals surface area contributed by atoms with Crippen LogP contribution in [-0.2, 0) is 0 Å². The first-order valence-corrected chi connectivity index (χ1v) is 15.8. The van der Waals surface area contributed by atoms with Crippen molar-refractivity contribution in [1.29, 1.82) is 0 Å². The van der Waals surface area contributed by atoms with Crippen LogP contribution in [0.4, 0.5) is 5.69 Å². The lowest BCUT2D eigenvalue weighted by atomic mass is 10.1. The summed E-state index contributed by atoms with van der Waals surface area (Å²) in [5, 5.41) is 4.28. The predicted octanol–water partition coefficient (Wildman–Crippen LogP) is 6.23. The van der Waals surface area contributed by atoms with E-state index in [1.807, 2.05) is 11.1 Å². The van der Waals surface area contributed by atoms with Gasteiger partial charge in [-0.1, -0.05) is 5.16 Å². The number of carbonyl (C=O) groups excluding carboxylic acids is 1. The van der Waals surface area contributed by atoms with Crippen LogP contribution in [0, 0.1) is 0 Å². The molecule has 1 atom stereocenters. The van der Waals surface area contributed by atoms with Crippen molar-refractivity contribution in [3.8, 4) is 68.6 Å². The number of benzene rings is 3. The summed E-state index contributed by atoms with van der Waals surface area (Å²) in [5.41, 5.74) is 3.03. The molecule has 13 nitrogen and oxygen atoms in total. The quantitative estimate of drug-likeness (QED) is 0.141. The van der Waals surface area contributed by atoms with E-state index in [0.717, 1.165) is 19.4 Å². The maximum atomic E-state index is 13.2. The number of rotatable bonds is 14. The van der Waals surface area contributed by atoms with Crippen LogP contribution in [-0.4, -0.2) is 90.6 Å². The first-order valence-electron chi connectivity index (χ1n) is 15.8. The maximum absolute atomic E-state index is 13.2. The van der Waals surface area contributed by atoms with Gasteiger partial charge in [0.05, 0.1) is 73.2 Å². The highest BCUT2D eigenvalue weighted by molar-refractivity contribution is 6.03. The lowest BCUT2D eigenvalue weighted by Crippen LogP contribution is -2.35. The molecule has 0 aliphatic carbocycles. The van der Waals surface area contributed by atoms with Gasteiger partial charge in [0.1, 0.15) is 5.69 Å². The van der Waals surface area contributed by atoms with Crippen molar-refractivity contribution in [3.05, 3.63) is 48.0 Å². The molecule has 1 fully saturated rings. The normalized spacial score (nSPS) is 14.9. The second kappa shape index (κ2) is 14.7. The molecular formula is C36H39N3O10. The van der Waals surface area contributed by atoms with Gasteiger partial charge in [-0.3, -0.25) is 9.79 Å². The van der Waals surface area contributed by atoms with Crippen LogP contribution in [0.1, 0.15) is 29.6 Å². The molecule has 3 aromatic carbocycles. The fraction of sp³-hybridized carbons (Fsp3) is 0.361. The van der Waals surface area contributed by atoms with Gasteiger partial charge in [0.2, 0.25) is 11.5 Å². The van der Waals surface area contributed by atoms with Crippen LogP contribution in [0.5, 0.6) is 46.0 Å². The Hall–Kier alpha value is -5.59. The van der Waals surface area contributed by atoms with Crippen LogP contribution >= 0.6 is 0 Å². The summed E-state index contributed by atoms with van der Waals surface area (Å²) >= 11 is 0. The highest BCUT2D eigenvalue weighted by atomic mass is 16.5. The largest absolute Gasteiger partial charge is 0.493 e. The molecule has 258 valence electrons. The molecular weight excluding hydrogens is 634 g/mol. The monoisotopic (exact) mass is 673 g/mol. The Morgan fingerprint density at radius 3 is 2.00 bits per heavy atom. The molecule has 0 spiro atoms. The van der Waals surface area contributed by atoms with Crippen molar-refractivity contribution in [1.82, 2.24) is 10.1 Å². The van der Waals surface area contributed by atoms with Crippen LogP contribution < -0.4 is 37.9 Å². The lowest BCUT2D eigenvalue weighted by molar-refractivity contribution is 0.0774. The van der Waals surface area contributed by atoms with Gasteiger partial charge in [-0.15, -0.1) is 0 Å². The van der Waals surface area contributed by atoms with Crippen molar-refractivity contribution < 1.29 is 47.2 Å². The van der Waals surface area contributed by atoms with Crippen molar-refractivity contribution in [2.75, 3.05) is 62.4 Å². The van der Waals surface area contributed by atoms with Crippen molar-refractivity contribution >= 4 is 17.8 Å². The summed E-state index contributed by atoms with van der Waals surface area (Å²) in [7, 11) is 9.32. The van der Waals surface area contributed by atoms with Gasteiger partial charge < -0.3 is 47.3 Å². The molecule has 4 aromatic rings. The zero-order valence-electron chi connectivity index (χ0n) is 28.4. The third-order valence-electron chi connectivity index (χ3n) is 8.47. The number of aliphatic imine (C=N–C) groups is 1. The topological polar surface area (TPSA) is 133 Å². The summed E-state index contributed by atoms with van der Waals surface area (Å²) in [6.07, 6.45) is 4.28. The van der Waals surface area contributed by atoms with E-state index in [1.165, 1.54) is 0 Å². The molecule has 1 aromatic heterocycles. The van der Waals surface area contributed by atoms with Gasteiger partial charge in [-0.05, 0) is 43.2 Å². The fourth-order valence-corrected chi connectivity index (χ4v) is 5.98. The highest BCUT2D eigenvalue weighted by Crippen LogP contribution is 2.44. The number of fused-ring (bicyclic) bond motifs is 2. The Labute approximate surface area is 284 Å². The summed E-state index contributed by atoms with van der Waals surface area (Å²) < 4.78 is 51.2. The molecule has 2 aliphatic rings. The van der Waals surface area contributed by atoms with E-state index in [9.17, 15) is 4.79 Å².